The lowest BCUT2D eigenvalue weighted by Crippen LogP contribution is -1.94. The van der Waals surface area contributed by atoms with Crippen molar-refractivity contribution in [3.8, 4) is 0 Å². The van der Waals surface area contributed by atoms with E-state index in [2.05, 4.69) is 6.92 Å². The van der Waals surface area contributed by atoms with Crippen molar-refractivity contribution in [2.45, 2.75) is 52.1 Å². The molecule has 0 aliphatic carbocycles. The van der Waals surface area contributed by atoms with Gasteiger partial charge in [-0.2, -0.15) is 0 Å². The molecule has 2 heteroatoms. The van der Waals surface area contributed by atoms with Crippen molar-refractivity contribution in [3.63, 3.8) is 0 Å². The minimum Gasteiger partial charge on any atom is -0.467 e. The summed E-state index contributed by atoms with van der Waals surface area (Å²) in [4.78, 5) is 0. The van der Waals surface area contributed by atoms with Gasteiger partial charge in [-0.25, -0.2) is 0 Å². The van der Waals surface area contributed by atoms with E-state index in [1.165, 1.54) is 38.5 Å². The Bertz CT molecular complexity index is 216. The fourth-order valence-corrected chi connectivity index (χ4v) is 1.55. The molecule has 1 rings (SSSR count). The molecule has 0 radical (unpaired) electrons. The third kappa shape index (κ3) is 6.34. The molecule has 15 heavy (non-hydrogen) atoms. The number of hydrogen-bond donors (Lipinski definition) is 0. The van der Waals surface area contributed by atoms with Crippen LogP contribution in [-0.2, 0) is 11.3 Å². The summed E-state index contributed by atoms with van der Waals surface area (Å²) in [6.45, 7) is 3.71. The highest BCUT2D eigenvalue weighted by Crippen LogP contribution is 2.06. The van der Waals surface area contributed by atoms with E-state index in [1.54, 1.807) is 6.26 Å². The lowest BCUT2D eigenvalue weighted by molar-refractivity contribution is 0.102. The molecule has 0 saturated carbocycles. The van der Waals surface area contributed by atoms with Crippen molar-refractivity contribution in [2.75, 3.05) is 6.61 Å². The molecule has 0 N–H and O–H groups in total. The number of furan rings is 1. The Morgan fingerprint density at radius 3 is 2.67 bits per heavy atom. The Kier molecular flexibility index (Phi) is 7.01. The highest BCUT2D eigenvalue weighted by molar-refractivity contribution is 4.95. The van der Waals surface area contributed by atoms with Crippen LogP contribution in [0.15, 0.2) is 22.8 Å². The number of rotatable bonds is 9. The Balaban J connectivity index is 1.81. The first kappa shape index (κ1) is 12.3. The zero-order valence-corrected chi connectivity index (χ0v) is 9.71. The van der Waals surface area contributed by atoms with Gasteiger partial charge in [0.25, 0.3) is 0 Å². The summed E-state index contributed by atoms with van der Waals surface area (Å²) in [6, 6.07) is 3.84. The lowest BCUT2D eigenvalue weighted by atomic mass is 10.1. The standard InChI is InChI=1S/C13H22O2/c1-2-3-4-5-6-7-10-14-12-13-9-8-11-15-13/h8-9,11H,2-7,10,12H2,1H3. The van der Waals surface area contributed by atoms with Gasteiger partial charge in [-0.1, -0.05) is 39.0 Å². The molecule has 0 atom stereocenters. The first-order chi connectivity index (χ1) is 7.43. The molecule has 1 aromatic rings. The monoisotopic (exact) mass is 210 g/mol. The van der Waals surface area contributed by atoms with Crippen molar-refractivity contribution < 1.29 is 9.15 Å². The summed E-state index contributed by atoms with van der Waals surface area (Å²) < 4.78 is 10.7. The SMILES string of the molecule is CCCCCCCCOCc1ccco1. The van der Waals surface area contributed by atoms with Crippen LogP contribution in [-0.4, -0.2) is 6.61 Å². The number of unbranched alkanes of at least 4 members (excludes halogenated alkanes) is 5. The molecule has 0 aliphatic rings. The first-order valence-corrected chi connectivity index (χ1v) is 6.03. The van der Waals surface area contributed by atoms with E-state index in [1.807, 2.05) is 12.1 Å². The van der Waals surface area contributed by atoms with Crippen molar-refractivity contribution in [3.05, 3.63) is 24.2 Å². The van der Waals surface area contributed by atoms with Crippen LogP contribution >= 0.6 is 0 Å². The Hall–Kier alpha value is -0.760. The molecule has 0 aromatic carbocycles. The zero-order valence-electron chi connectivity index (χ0n) is 9.71. The normalized spacial score (nSPS) is 10.7. The van der Waals surface area contributed by atoms with Crippen molar-refractivity contribution in [1.29, 1.82) is 0 Å². The zero-order chi connectivity index (χ0) is 10.8. The van der Waals surface area contributed by atoms with Crippen molar-refractivity contribution >= 4 is 0 Å². The minimum atomic E-state index is 0.613. The van der Waals surface area contributed by atoms with Gasteiger partial charge in [0.15, 0.2) is 0 Å². The van der Waals surface area contributed by atoms with Gasteiger partial charge in [-0.15, -0.1) is 0 Å². The third-order valence-corrected chi connectivity index (χ3v) is 2.47. The quantitative estimate of drug-likeness (QED) is 0.571. The molecule has 0 fully saturated rings. The summed E-state index contributed by atoms with van der Waals surface area (Å²) in [5.74, 6) is 0.918. The molecule has 2 nitrogen and oxygen atoms in total. The Morgan fingerprint density at radius 2 is 1.93 bits per heavy atom. The molecule has 0 aliphatic heterocycles. The van der Waals surface area contributed by atoms with Gasteiger partial charge in [0.1, 0.15) is 12.4 Å². The van der Waals surface area contributed by atoms with E-state index < -0.39 is 0 Å². The van der Waals surface area contributed by atoms with Crippen LogP contribution in [0, 0.1) is 0 Å². The van der Waals surface area contributed by atoms with Gasteiger partial charge < -0.3 is 9.15 Å². The number of ether oxygens (including phenoxy) is 1. The van der Waals surface area contributed by atoms with Crippen LogP contribution in [0.4, 0.5) is 0 Å². The molecule has 0 unspecified atom stereocenters. The predicted octanol–water partition coefficient (Wildman–Crippen LogP) is 4.16. The van der Waals surface area contributed by atoms with E-state index in [0.29, 0.717) is 6.61 Å². The topological polar surface area (TPSA) is 22.4 Å². The van der Waals surface area contributed by atoms with Crippen molar-refractivity contribution in [1.82, 2.24) is 0 Å². The van der Waals surface area contributed by atoms with E-state index in [4.69, 9.17) is 9.15 Å². The summed E-state index contributed by atoms with van der Waals surface area (Å²) in [6.07, 6.45) is 9.54. The lowest BCUT2D eigenvalue weighted by Gasteiger charge is -2.02. The van der Waals surface area contributed by atoms with Gasteiger partial charge in [0.05, 0.1) is 6.26 Å². The Labute approximate surface area is 92.6 Å². The second-order valence-corrected chi connectivity index (χ2v) is 3.90. The van der Waals surface area contributed by atoms with E-state index in [-0.39, 0.29) is 0 Å². The van der Waals surface area contributed by atoms with Crippen LogP contribution in [0.25, 0.3) is 0 Å². The third-order valence-electron chi connectivity index (χ3n) is 2.47. The van der Waals surface area contributed by atoms with Gasteiger partial charge >= 0.3 is 0 Å². The molecule has 0 spiro atoms. The van der Waals surface area contributed by atoms with E-state index in [9.17, 15) is 0 Å². The molecule has 0 amide bonds. The van der Waals surface area contributed by atoms with Gasteiger partial charge in [0, 0.05) is 6.61 Å². The first-order valence-electron chi connectivity index (χ1n) is 6.03. The van der Waals surface area contributed by atoms with Gasteiger partial charge in [0.2, 0.25) is 0 Å². The molecular weight excluding hydrogens is 188 g/mol. The predicted molar refractivity (Wildman–Crippen MR) is 61.7 cm³/mol. The van der Waals surface area contributed by atoms with Crippen LogP contribution in [0.1, 0.15) is 51.2 Å². The van der Waals surface area contributed by atoms with Crippen LogP contribution in [0.2, 0.25) is 0 Å². The maximum Gasteiger partial charge on any atom is 0.129 e. The van der Waals surface area contributed by atoms with E-state index >= 15 is 0 Å². The van der Waals surface area contributed by atoms with Crippen LogP contribution in [0.3, 0.4) is 0 Å². The molecular formula is C13H22O2. The summed E-state index contributed by atoms with van der Waals surface area (Å²) in [7, 11) is 0. The molecule has 0 saturated heterocycles. The van der Waals surface area contributed by atoms with Crippen LogP contribution in [0.5, 0.6) is 0 Å². The van der Waals surface area contributed by atoms with Crippen LogP contribution < -0.4 is 0 Å². The summed E-state index contributed by atoms with van der Waals surface area (Å²) >= 11 is 0. The smallest absolute Gasteiger partial charge is 0.129 e. The fraction of sp³-hybridized carbons (Fsp3) is 0.692. The Morgan fingerprint density at radius 1 is 1.13 bits per heavy atom. The molecule has 86 valence electrons. The average Bonchev–Trinajstić information content (AvgIpc) is 2.75. The van der Waals surface area contributed by atoms with Gasteiger partial charge in [-0.05, 0) is 18.6 Å². The van der Waals surface area contributed by atoms with Gasteiger partial charge in [-0.3, -0.25) is 0 Å². The fourth-order valence-electron chi connectivity index (χ4n) is 1.55. The molecule has 1 heterocycles. The second-order valence-electron chi connectivity index (χ2n) is 3.90. The van der Waals surface area contributed by atoms with E-state index in [0.717, 1.165) is 12.4 Å². The summed E-state index contributed by atoms with van der Waals surface area (Å²) in [5, 5.41) is 0. The maximum atomic E-state index is 5.49. The highest BCUT2D eigenvalue weighted by atomic mass is 16.5. The number of hydrogen-bond acceptors (Lipinski definition) is 2. The largest absolute Gasteiger partial charge is 0.467 e. The molecule has 0 bridgehead atoms. The maximum absolute atomic E-state index is 5.49. The van der Waals surface area contributed by atoms with Crippen molar-refractivity contribution in [2.24, 2.45) is 0 Å². The second kappa shape index (κ2) is 8.54. The highest BCUT2D eigenvalue weighted by Gasteiger charge is 1.95. The summed E-state index contributed by atoms with van der Waals surface area (Å²) in [5.41, 5.74) is 0. The molecule has 1 aromatic heterocycles. The minimum absolute atomic E-state index is 0.613. The average molecular weight is 210 g/mol.